The largest absolute Gasteiger partial charge is 0.481 e. The lowest BCUT2D eigenvalue weighted by Gasteiger charge is -2.16. The predicted octanol–water partition coefficient (Wildman–Crippen LogP) is 2.97. The first-order valence-electron chi connectivity index (χ1n) is 6.38. The number of hydrogen-bond donors (Lipinski definition) is 1. The van der Waals surface area contributed by atoms with Crippen molar-refractivity contribution < 1.29 is 19.5 Å². The van der Waals surface area contributed by atoms with Gasteiger partial charge in [-0.2, -0.15) is 0 Å². The van der Waals surface area contributed by atoms with E-state index in [1.807, 2.05) is 0 Å². The summed E-state index contributed by atoms with van der Waals surface area (Å²) in [6.07, 6.45) is 2.73. The Kier molecular flexibility index (Phi) is 3.98. The maximum absolute atomic E-state index is 12.4. The quantitative estimate of drug-likeness (QED) is 0.862. The van der Waals surface area contributed by atoms with E-state index < -0.39 is 5.97 Å². The van der Waals surface area contributed by atoms with Gasteiger partial charge >= 0.3 is 5.97 Å². The van der Waals surface area contributed by atoms with Crippen molar-refractivity contribution in [3.63, 3.8) is 0 Å². The molecule has 0 aliphatic heterocycles. The smallest absolute Gasteiger partial charge is 0.307 e. The number of hydrogen-bond acceptors (Lipinski definition) is 3. The van der Waals surface area contributed by atoms with Crippen LogP contribution < -0.4 is 0 Å². The van der Waals surface area contributed by atoms with Gasteiger partial charge in [-0.25, -0.2) is 0 Å². The molecule has 0 bridgehead atoms. The molecule has 0 spiro atoms. The number of allylic oxidation sites excluding steroid dienone is 4. The fourth-order valence-corrected chi connectivity index (χ4v) is 2.17. The predicted molar refractivity (Wildman–Crippen MR) is 78.3 cm³/mol. The lowest BCUT2D eigenvalue weighted by Crippen LogP contribution is -2.19. The monoisotopic (exact) mass is 282 g/mol. The van der Waals surface area contributed by atoms with E-state index in [4.69, 9.17) is 5.11 Å². The van der Waals surface area contributed by atoms with Crippen molar-refractivity contribution >= 4 is 17.5 Å². The Morgan fingerprint density at radius 3 is 2.33 bits per heavy atom. The van der Waals surface area contributed by atoms with Crippen molar-refractivity contribution in [3.8, 4) is 0 Å². The van der Waals surface area contributed by atoms with Gasteiger partial charge < -0.3 is 5.11 Å². The zero-order valence-electron chi connectivity index (χ0n) is 11.6. The summed E-state index contributed by atoms with van der Waals surface area (Å²) in [5.74, 6) is -1.41. The Hall–Kier alpha value is -2.75. The van der Waals surface area contributed by atoms with Gasteiger partial charge in [0.1, 0.15) is 0 Å². The van der Waals surface area contributed by atoms with E-state index in [9.17, 15) is 14.4 Å². The van der Waals surface area contributed by atoms with Gasteiger partial charge in [-0.1, -0.05) is 43.0 Å². The van der Waals surface area contributed by atoms with Crippen molar-refractivity contribution in [1.29, 1.82) is 0 Å². The molecule has 1 aliphatic carbocycles. The average Bonchev–Trinajstić information content (AvgIpc) is 2.44. The van der Waals surface area contributed by atoms with Gasteiger partial charge in [0.25, 0.3) is 0 Å². The zero-order valence-corrected chi connectivity index (χ0v) is 11.6. The topological polar surface area (TPSA) is 71.4 Å². The van der Waals surface area contributed by atoms with Crippen LogP contribution in [-0.2, 0) is 4.79 Å². The zero-order chi connectivity index (χ0) is 15.6. The Bertz CT molecular complexity index is 720. The molecule has 0 amide bonds. The minimum Gasteiger partial charge on any atom is -0.481 e. The van der Waals surface area contributed by atoms with Crippen LogP contribution in [0.2, 0.25) is 0 Å². The van der Waals surface area contributed by atoms with Crippen LogP contribution in [0.25, 0.3) is 0 Å². The van der Waals surface area contributed by atoms with E-state index in [-0.39, 0.29) is 23.6 Å². The summed E-state index contributed by atoms with van der Waals surface area (Å²) in [6, 6.07) is 6.66. The molecule has 1 aromatic carbocycles. The highest BCUT2D eigenvalue weighted by Gasteiger charge is 2.27. The van der Waals surface area contributed by atoms with Gasteiger partial charge in [0.15, 0.2) is 11.6 Å². The molecule has 0 atom stereocenters. The van der Waals surface area contributed by atoms with E-state index >= 15 is 0 Å². The summed E-state index contributed by atoms with van der Waals surface area (Å²) in [5.41, 5.74) is 1.78. The average molecular weight is 282 g/mol. The molecule has 1 aliphatic rings. The molecular formula is C17H14O4. The highest BCUT2D eigenvalue weighted by Crippen LogP contribution is 2.27. The standard InChI is InChI=1S/C17H14O4/c1-10(9-15(18)19)7-8-12-11(2)16(20)13-5-3-4-6-14(13)17(12)21/h3-8H,1,9H2,2H3,(H,18,19)/b8-7-. The maximum Gasteiger partial charge on any atom is 0.307 e. The maximum atomic E-state index is 12.4. The molecule has 0 saturated heterocycles. The molecule has 4 nitrogen and oxygen atoms in total. The summed E-state index contributed by atoms with van der Waals surface area (Å²) in [5, 5.41) is 8.67. The molecule has 4 heteroatoms. The van der Waals surface area contributed by atoms with Crippen molar-refractivity contribution in [2.45, 2.75) is 13.3 Å². The molecule has 21 heavy (non-hydrogen) atoms. The first kappa shape index (κ1) is 14.7. The number of carbonyl (C=O) groups is 3. The molecular weight excluding hydrogens is 268 g/mol. The lowest BCUT2D eigenvalue weighted by molar-refractivity contribution is -0.136. The number of Topliss-reactive ketones (excluding diaryl/α,β-unsaturated/α-hetero) is 2. The number of benzene rings is 1. The summed E-state index contributed by atoms with van der Waals surface area (Å²) in [4.78, 5) is 35.2. The van der Waals surface area contributed by atoms with E-state index in [0.29, 0.717) is 22.3 Å². The van der Waals surface area contributed by atoms with Crippen LogP contribution in [0.1, 0.15) is 34.1 Å². The van der Waals surface area contributed by atoms with Gasteiger partial charge in [-0.15, -0.1) is 0 Å². The molecule has 0 unspecified atom stereocenters. The number of carboxylic acid groups (broad SMARTS) is 1. The van der Waals surface area contributed by atoms with E-state index in [1.54, 1.807) is 31.2 Å². The number of ketones is 2. The molecule has 106 valence electrons. The van der Waals surface area contributed by atoms with Crippen LogP contribution in [0, 0.1) is 0 Å². The summed E-state index contributed by atoms with van der Waals surface area (Å²) in [7, 11) is 0. The second-order valence-corrected chi connectivity index (χ2v) is 4.80. The highest BCUT2D eigenvalue weighted by atomic mass is 16.4. The van der Waals surface area contributed by atoms with Crippen molar-refractivity contribution in [2.75, 3.05) is 0 Å². The van der Waals surface area contributed by atoms with Gasteiger partial charge in [0.05, 0.1) is 6.42 Å². The number of carbonyl (C=O) groups excluding carboxylic acids is 2. The third-order valence-electron chi connectivity index (χ3n) is 3.27. The van der Waals surface area contributed by atoms with Crippen LogP contribution in [0.5, 0.6) is 0 Å². The SMILES string of the molecule is C=C(/C=C\C1=C(C)C(=O)c2ccccc2C1=O)CC(=O)O. The van der Waals surface area contributed by atoms with E-state index in [0.717, 1.165) is 0 Å². The van der Waals surface area contributed by atoms with Gasteiger partial charge in [0.2, 0.25) is 0 Å². The second-order valence-electron chi connectivity index (χ2n) is 4.80. The normalized spacial score (nSPS) is 14.5. The first-order valence-corrected chi connectivity index (χ1v) is 6.38. The molecule has 0 aromatic heterocycles. The van der Waals surface area contributed by atoms with Crippen molar-refractivity contribution in [2.24, 2.45) is 0 Å². The Morgan fingerprint density at radius 1 is 1.19 bits per heavy atom. The van der Waals surface area contributed by atoms with Crippen LogP contribution >= 0.6 is 0 Å². The van der Waals surface area contributed by atoms with Crippen LogP contribution in [-0.4, -0.2) is 22.6 Å². The number of aliphatic carboxylic acids is 1. The van der Waals surface area contributed by atoms with Crippen molar-refractivity contribution in [3.05, 3.63) is 70.8 Å². The van der Waals surface area contributed by atoms with Crippen LogP contribution in [0.15, 0.2) is 59.7 Å². The summed E-state index contributed by atoms with van der Waals surface area (Å²) < 4.78 is 0. The molecule has 1 aromatic rings. The minimum atomic E-state index is -0.994. The number of rotatable bonds is 4. The molecule has 0 radical (unpaired) electrons. The number of carboxylic acids is 1. The van der Waals surface area contributed by atoms with E-state index in [2.05, 4.69) is 6.58 Å². The summed E-state index contributed by atoms with van der Waals surface area (Å²) in [6.45, 7) is 5.20. The van der Waals surface area contributed by atoms with Gasteiger partial charge in [0, 0.05) is 22.3 Å². The minimum absolute atomic E-state index is 0.186. The fraction of sp³-hybridized carbons (Fsp3) is 0.118. The second kappa shape index (κ2) is 5.71. The Labute approximate surface area is 122 Å². The molecule has 0 saturated carbocycles. The first-order chi connectivity index (χ1) is 9.91. The Morgan fingerprint density at radius 2 is 1.76 bits per heavy atom. The third kappa shape index (κ3) is 2.89. The number of fused-ring (bicyclic) bond motifs is 1. The molecule has 1 N–H and O–H groups in total. The molecule has 0 fully saturated rings. The Balaban J connectivity index is 2.37. The fourth-order valence-electron chi connectivity index (χ4n) is 2.17. The van der Waals surface area contributed by atoms with Crippen molar-refractivity contribution in [1.82, 2.24) is 0 Å². The molecule has 0 heterocycles. The van der Waals surface area contributed by atoms with Gasteiger partial charge in [-0.3, -0.25) is 14.4 Å². The molecule has 2 rings (SSSR count). The third-order valence-corrected chi connectivity index (χ3v) is 3.27. The van der Waals surface area contributed by atoms with E-state index in [1.165, 1.54) is 12.2 Å². The van der Waals surface area contributed by atoms with Crippen LogP contribution in [0.4, 0.5) is 0 Å². The van der Waals surface area contributed by atoms with Gasteiger partial charge in [-0.05, 0) is 12.5 Å². The summed E-state index contributed by atoms with van der Waals surface area (Å²) >= 11 is 0. The lowest BCUT2D eigenvalue weighted by atomic mass is 9.84. The highest BCUT2D eigenvalue weighted by molar-refractivity contribution is 6.27. The van der Waals surface area contributed by atoms with Crippen LogP contribution in [0.3, 0.4) is 0 Å².